The second-order valence-electron chi connectivity index (χ2n) is 3.35. The third kappa shape index (κ3) is 4.52. The molecular weight excluding hydrogens is 260 g/mol. The third-order valence-corrected chi connectivity index (χ3v) is 2.70. The number of carboxylic acids is 1. The van der Waals surface area contributed by atoms with Crippen LogP contribution in [-0.2, 0) is 14.4 Å². The van der Waals surface area contributed by atoms with Crippen LogP contribution in [0.4, 0.5) is 0 Å². The highest BCUT2D eigenvalue weighted by atomic mass is 32.1. The van der Waals surface area contributed by atoms with Gasteiger partial charge in [-0.25, -0.2) is 10.3 Å². The Kier molecular flexibility index (Phi) is 5.28. The van der Waals surface area contributed by atoms with E-state index in [1.165, 1.54) is 23.3 Å². The fourth-order valence-electron chi connectivity index (χ4n) is 1.09. The SMILES string of the molecule is CN(CC(=O)NOCC(=O)O)C(=O)c1cccs1. The first-order chi connectivity index (χ1) is 8.50. The first-order valence-electron chi connectivity index (χ1n) is 4.92. The standard InChI is InChI=1S/C10H12N2O5S/c1-12(10(16)7-3-2-4-18-7)5-8(13)11-17-6-9(14)15/h2-4H,5-6H2,1H3,(H,11,13)(H,14,15). The number of likely N-dealkylation sites (N-methyl/N-ethyl adjacent to an activating group) is 1. The summed E-state index contributed by atoms with van der Waals surface area (Å²) < 4.78 is 0. The van der Waals surface area contributed by atoms with Gasteiger partial charge in [0.05, 0.1) is 4.88 Å². The fourth-order valence-corrected chi connectivity index (χ4v) is 1.80. The Morgan fingerprint density at radius 1 is 1.50 bits per heavy atom. The Hall–Kier alpha value is -1.93. The second kappa shape index (κ2) is 6.72. The van der Waals surface area contributed by atoms with E-state index in [4.69, 9.17) is 5.11 Å². The van der Waals surface area contributed by atoms with E-state index in [1.807, 2.05) is 5.48 Å². The lowest BCUT2D eigenvalue weighted by Gasteiger charge is -2.15. The van der Waals surface area contributed by atoms with Crippen LogP contribution in [-0.4, -0.2) is 48.0 Å². The Bertz CT molecular complexity index is 431. The molecule has 1 heterocycles. The van der Waals surface area contributed by atoms with Gasteiger partial charge in [-0.2, -0.15) is 0 Å². The number of carbonyl (C=O) groups is 3. The van der Waals surface area contributed by atoms with E-state index in [0.717, 1.165) is 0 Å². The number of hydrogen-bond acceptors (Lipinski definition) is 5. The molecule has 0 aliphatic carbocycles. The molecule has 8 heteroatoms. The predicted octanol–water partition coefficient (Wildman–Crippen LogP) is -0.0475. The highest BCUT2D eigenvalue weighted by molar-refractivity contribution is 7.12. The predicted molar refractivity (Wildman–Crippen MR) is 63.0 cm³/mol. The summed E-state index contributed by atoms with van der Waals surface area (Å²) in [6.07, 6.45) is 0. The molecule has 0 aliphatic rings. The summed E-state index contributed by atoms with van der Waals surface area (Å²) in [5.41, 5.74) is 1.93. The average Bonchev–Trinajstić information content (AvgIpc) is 2.80. The van der Waals surface area contributed by atoms with Gasteiger partial charge in [-0.1, -0.05) is 6.07 Å². The quantitative estimate of drug-likeness (QED) is 0.708. The molecule has 0 spiro atoms. The molecule has 0 radical (unpaired) electrons. The van der Waals surface area contributed by atoms with Gasteiger partial charge in [-0.15, -0.1) is 11.3 Å². The van der Waals surface area contributed by atoms with Crippen LogP contribution in [0.1, 0.15) is 9.67 Å². The van der Waals surface area contributed by atoms with Gasteiger partial charge < -0.3 is 10.0 Å². The maximum Gasteiger partial charge on any atom is 0.332 e. The zero-order chi connectivity index (χ0) is 13.5. The van der Waals surface area contributed by atoms with Gasteiger partial charge in [0, 0.05) is 7.05 Å². The summed E-state index contributed by atoms with van der Waals surface area (Å²) in [4.78, 5) is 39.3. The number of carbonyl (C=O) groups excluding carboxylic acids is 2. The molecule has 1 aromatic rings. The molecular formula is C10H12N2O5S. The number of thiophene rings is 1. The van der Waals surface area contributed by atoms with Gasteiger partial charge in [0.25, 0.3) is 11.8 Å². The third-order valence-electron chi connectivity index (χ3n) is 1.84. The first-order valence-corrected chi connectivity index (χ1v) is 5.80. The topological polar surface area (TPSA) is 95.9 Å². The second-order valence-corrected chi connectivity index (χ2v) is 4.29. The van der Waals surface area contributed by atoms with E-state index in [9.17, 15) is 14.4 Å². The van der Waals surface area contributed by atoms with Crippen molar-refractivity contribution < 1.29 is 24.3 Å². The summed E-state index contributed by atoms with van der Waals surface area (Å²) in [5, 5.41) is 10.0. The van der Waals surface area contributed by atoms with Crippen LogP contribution in [0, 0.1) is 0 Å². The number of hydrogen-bond donors (Lipinski definition) is 2. The lowest BCUT2D eigenvalue weighted by molar-refractivity contribution is -0.149. The number of carboxylic acid groups (broad SMARTS) is 1. The van der Waals surface area contributed by atoms with Crippen molar-refractivity contribution in [1.29, 1.82) is 0 Å². The summed E-state index contributed by atoms with van der Waals surface area (Å²) in [7, 11) is 1.47. The Labute approximate surface area is 107 Å². The van der Waals surface area contributed by atoms with Crippen LogP contribution in [0.25, 0.3) is 0 Å². The zero-order valence-corrected chi connectivity index (χ0v) is 10.4. The molecule has 0 unspecified atom stereocenters. The van der Waals surface area contributed by atoms with Crippen molar-refractivity contribution in [3.05, 3.63) is 22.4 Å². The van der Waals surface area contributed by atoms with Gasteiger partial charge in [0.15, 0.2) is 6.61 Å². The molecule has 7 nitrogen and oxygen atoms in total. The molecule has 0 saturated carbocycles. The van der Waals surface area contributed by atoms with Crippen molar-refractivity contribution in [2.75, 3.05) is 20.2 Å². The van der Waals surface area contributed by atoms with Gasteiger partial charge in [-0.3, -0.25) is 14.4 Å². The Morgan fingerprint density at radius 3 is 2.78 bits per heavy atom. The number of nitrogens with zero attached hydrogens (tertiary/aromatic N) is 1. The van der Waals surface area contributed by atoms with Crippen molar-refractivity contribution >= 4 is 29.1 Å². The smallest absolute Gasteiger partial charge is 0.332 e. The molecule has 1 aromatic heterocycles. The molecule has 2 amide bonds. The van der Waals surface area contributed by atoms with Crippen LogP contribution < -0.4 is 5.48 Å². The van der Waals surface area contributed by atoms with Crippen LogP contribution in [0.15, 0.2) is 17.5 Å². The monoisotopic (exact) mass is 272 g/mol. The maximum atomic E-state index is 11.7. The minimum atomic E-state index is -1.20. The highest BCUT2D eigenvalue weighted by Crippen LogP contribution is 2.10. The van der Waals surface area contributed by atoms with Crippen molar-refractivity contribution in [3.8, 4) is 0 Å². The number of nitrogens with one attached hydrogen (secondary N) is 1. The van der Waals surface area contributed by atoms with Gasteiger partial charge >= 0.3 is 5.97 Å². The number of hydroxylamine groups is 1. The van der Waals surface area contributed by atoms with Crippen molar-refractivity contribution in [2.24, 2.45) is 0 Å². The van der Waals surface area contributed by atoms with E-state index in [1.54, 1.807) is 17.5 Å². The minimum Gasteiger partial charge on any atom is -0.479 e. The minimum absolute atomic E-state index is 0.212. The molecule has 0 bridgehead atoms. The summed E-state index contributed by atoms with van der Waals surface area (Å²) in [6.45, 7) is -0.843. The van der Waals surface area contributed by atoms with Crippen molar-refractivity contribution in [1.82, 2.24) is 10.4 Å². The van der Waals surface area contributed by atoms with Gasteiger partial charge in [-0.05, 0) is 11.4 Å². The van der Waals surface area contributed by atoms with E-state index >= 15 is 0 Å². The molecule has 0 aromatic carbocycles. The largest absolute Gasteiger partial charge is 0.479 e. The zero-order valence-electron chi connectivity index (χ0n) is 9.58. The average molecular weight is 272 g/mol. The number of amides is 2. The Balaban J connectivity index is 2.35. The molecule has 18 heavy (non-hydrogen) atoms. The summed E-state index contributed by atoms with van der Waals surface area (Å²) in [6, 6.07) is 3.39. The van der Waals surface area contributed by atoms with E-state index in [2.05, 4.69) is 4.84 Å². The van der Waals surface area contributed by atoms with E-state index in [-0.39, 0.29) is 12.5 Å². The molecule has 98 valence electrons. The van der Waals surface area contributed by atoms with Gasteiger partial charge in [0.1, 0.15) is 6.54 Å². The van der Waals surface area contributed by atoms with Crippen LogP contribution in [0.3, 0.4) is 0 Å². The summed E-state index contributed by atoms with van der Waals surface area (Å²) >= 11 is 1.28. The molecule has 0 fully saturated rings. The number of aliphatic carboxylic acids is 1. The number of rotatable bonds is 6. The summed E-state index contributed by atoms with van der Waals surface area (Å²) in [5.74, 6) is -2.07. The maximum absolute atomic E-state index is 11.7. The van der Waals surface area contributed by atoms with Crippen molar-refractivity contribution in [2.45, 2.75) is 0 Å². The van der Waals surface area contributed by atoms with Crippen molar-refractivity contribution in [3.63, 3.8) is 0 Å². The van der Waals surface area contributed by atoms with Crippen LogP contribution >= 0.6 is 11.3 Å². The molecule has 1 rings (SSSR count). The fraction of sp³-hybridized carbons (Fsp3) is 0.300. The lowest BCUT2D eigenvalue weighted by Crippen LogP contribution is -2.38. The molecule has 2 N–H and O–H groups in total. The molecule has 0 saturated heterocycles. The van der Waals surface area contributed by atoms with Gasteiger partial charge in [0.2, 0.25) is 0 Å². The van der Waals surface area contributed by atoms with Crippen LogP contribution in [0.2, 0.25) is 0 Å². The van der Waals surface area contributed by atoms with Crippen LogP contribution in [0.5, 0.6) is 0 Å². The molecule has 0 atom stereocenters. The highest BCUT2D eigenvalue weighted by Gasteiger charge is 2.15. The Morgan fingerprint density at radius 2 is 2.22 bits per heavy atom. The normalized spacial score (nSPS) is 9.83. The lowest BCUT2D eigenvalue weighted by atomic mass is 10.4. The van der Waals surface area contributed by atoms with E-state index < -0.39 is 18.5 Å². The first kappa shape index (κ1) is 14.1. The van der Waals surface area contributed by atoms with E-state index in [0.29, 0.717) is 4.88 Å². The molecule has 0 aliphatic heterocycles.